The van der Waals surface area contributed by atoms with Gasteiger partial charge in [0, 0.05) is 19.1 Å². The van der Waals surface area contributed by atoms with Gasteiger partial charge in [0.25, 0.3) is 0 Å². The van der Waals surface area contributed by atoms with Gasteiger partial charge in [-0.1, -0.05) is 12.8 Å². The summed E-state index contributed by atoms with van der Waals surface area (Å²) in [5.74, 6) is 1.08. The van der Waals surface area contributed by atoms with Crippen molar-refractivity contribution in [2.45, 2.75) is 44.7 Å². The number of aryl methyl sites for hydroxylation is 1. The van der Waals surface area contributed by atoms with Crippen LogP contribution in [0, 0.1) is 6.92 Å². The smallest absolute Gasteiger partial charge is 0.157 e. The lowest BCUT2D eigenvalue weighted by Crippen LogP contribution is -2.48. The lowest BCUT2D eigenvalue weighted by Gasteiger charge is -2.37. The monoisotopic (exact) mass is 259 g/mol. The minimum Gasteiger partial charge on any atom is -0.355 e. The zero-order valence-electron chi connectivity index (χ0n) is 11.6. The first-order valence-electron chi connectivity index (χ1n) is 6.95. The molecule has 0 bridgehead atoms. The molecule has 3 rings (SSSR count). The van der Waals surface area contributed by atoms with E-state index in [9.17, 15) is 0 Å². The molecule has 1 aliphatic rings. The van der Waals surface area contributed by atoms with Crippen molar-refractivity contribution in [2.24, 2.45) is 5.73 Å². The Kier molecular flexibility index (Phi) is 3.14. The van der Waals surface area contributed by atoms with Gasteiger partial charge in [-0.3, -0.25) is 0 Å². The highest BCUT2D eigenvalue weighted by molar-refractivity contribution is 5.53. The van der Waals surface area contributed by atoms with Crippen molar-refractivity contribution in [1.82, 2.24) is 14.6 Å². The second-order valence-electron chi connectivity index (χ2n) is 5.55. The van der Waals surface area contributed by atoms with Crippen LogP contribution in [0.3, 0.4) is 0 Å². The minimum absolute atomic E-state index is 0.248. The molecule has 1 aliphatic carbocycles. The van der Waals surface area contributed by atoms with Crippen molar-refractivity contribution < 1.29 is 0 Å². The van der Waals surface area contributed by atoms with Crippen LogP contribution in [0.25, 0.3) is 5.65 Å². The predicted molar refractivity (Wildman–Crippen MR) is 76.4 cm³/mol. The summed E-state index contributed by atoms with van der Waals surface area (Å²) in [6.07, 6.45) is 6.38. The third-order valence-electron chi connectivity index (χ3n) is 4.15. The van der Waals surface area contributed by atoms with E-state index in [2.05, 4.69) is 35.0 Å². The molecule has 0 radical (unpaired) electrons. The SMILES string of the molecule is Cc1cc(N(C)C2CCCCC2N)n2ncnc2c1. The summed E-state index contributed by atoms with van der Waals surface area (Å²) >= 11 is 0. The van der Waals surface area contributed by atoms with Gasteiger partial charge in [-0.05, 0) is 37.5 Å². The Balaban J connectivity index is 2.00. The molecule has 2 heterocycles. The number of hydrogen-bond donors (Lipinski definition) is 1. The van der Waals surface area contributed by atoms with Crippen LogP contribution in [0.1, 0.15) is 31.2 Å². The zero-order chi connectivity index (χ0) is 13.4. The highest BCUT2D eigenvalue weighted by Crippen LogP contribution is 2.26. The molecule has 2 unspecified atom stereocenters. The Morgan fingerprint density at radius 3 is 2.89 bits per heavy atom. The molecule has 1 fully saturated rings. The number of rotatable bonds is 2. The van der Waals surface area contributed by atoms with Crippen molar-refractivity contribution >= 4 is 11.5 Å². The molecule has 0 saturated heterocycles. The maximum absolute atomic E-state index is 6.29. The van der Waals surface area contributed by atoms with E-state index < -0.39 is 0 Å². The van der Waals surface area contributed by atoms with Gasteiger partial charge in [-0.15, -0.1) is 0 Å². The fraction of sp³-hybridized carbons (Fsp3) is 0.571. The first-order valence-corrected chi connectivity index (χ1v) is 6.95. The van der Waals surface area contributed by atoms with E-state index >= 15 is 0 Å². The molecule has 2 aromatic rings. The average Bonchev–Trinajstić information content (AvgIpc) is 2.85. The second kappa shape index (κ2) is 4.81. The van der Waals surface area contributed by atoms with Crippen LogP contribution >= 0.6 is 0 Å². The van der Waals surface area contributed by atoms with Gasteiger partial charge in [-0.2, -0.15) is 9.61 Å². The molecule has 1 saturated carbocycles. The van der Waals surface area contributed by atoms with E-state index in [0.29, 0.717) is 6.04 Å². The molecule has 0 aromatic carbocycles. The predicted octanol–water partition coefficient (Wildman–Crippen LogP) is 1.74. The molecule has 19 heavy (non-hydrogen) atoms. The number of hydrogen-bond acceptors (Lipinski definition) is 4. The number of fused-ring (bicyclic) bond motifs is 1. The number of aromatic nitrogens is 3. The molecule has 102 valence electrons. The summed E-state index contributed by atoms with van der Waals surface area (Å²) < 4.78 is 1.90. The van der Waals surface area contributed by atoms with E-state index in [1.807, 2.05) is 10.6 Å². The molecule has 0 amide bonds. The summed E-state index contributed by atoms with van der Waals surface area (Å²) in [5.41, 5.74) is 8.38. The van der Waals surface area contributed by atoms with Gasteiger partial charge < -0.3 is 10.6 Å². The van der Waals surface area contributed by atoms with Crippen LogP contribution in [-0.2, 0) is 0 Å². The minimum atomic E-state index is 0.248. The van der Waals surface area contributed by atoms with Crippen LogP contribution in [0.5, 0.6) is 0 Å². The summed E-state index contributed by atoms with van der Waals surface area (Å²) in [6, 6.07) is 4.84. The van der Waals surface area contributed by atoms with Crippen LogP contribution < -0.4 is 10.6 Å². The third-order valence-corrected chi connectivity index (χ3v) is 4.15. The zero-order valence-corrected chi connectivity index (χ0v) is 11.6. The van der Waals surface area contributed by atoms with Crippen molar-refractivity contribution in [3.05, 3.63) is 24.0 Å². The molecule has 5 heteroatoms. The number of nitrogens with zero attached hydrogens (tertiary/aromatic N) is 4. The summed E-state index contributed by atoms with van der Waals surface area (Å²) in [7, 11) is 2.12. The normalized spacial score (nSPS) is 23.7. The maximum atomic E-state index is 6.29. The van der Waals surface area contributed by atoms with Gasteiger partial charge in [0.15, 0.2) is 5.65 Å². The Bertz CT molecular complexity index is 576. The summed E-state index contributed by atoms with van der Waals surface area (Å²) in [5, 5.41) is 4.32. The highest BCUT2D eigenvalue weighted by atomic mass is 15.4. The molecule has 0 spiro atoms. The Labute approximate surface area is 113 Å². The molecular weight excluding hydrogens is 238 g/mol. The number of nitrogens with two attached hydrogens (primary N) is 1. The van der Waals surface area contributed by atoms with Crippen LogP contribution in [0.15, 0.2) is 18.5 Å². The average molecular weight is 259 g/mol. The van der Waals surface area contributed by atoms with Crippen molar-refractivity contribution in [1.29, 1.82) is 0 Å². The van der Waals surface area contributed by atoms with Gasteiger partial charge in [0.2, 0.25) is 0 Å². The first-order chi connectivity index (χ1) is 9.16. The van der Waals surface area contributed by atoms with Gasteiger partial charge in [0.05, 0.1) is 0 Å². The molecule has 2 atom stereocenters. The quantitative estimate of drug-likeness (QED) is 0.892. The van der Waals surface area contributed by atoms with Gasteiger partial charge in [-0.25, -0.2) is 4.98 Å². The molecule has 0 aliphatic heterocycles. The lowest BCUT2D eigenvalue weighted by atomic mass is 9.90. The summed E-state index contributed by atoms with van der Waals surface area (Å²) in [4.78, 5) is 6.56. The Hall–Kier alpha value is -1.62. The highest BCUT2D eigenvalue weighted by Gasteiger charge is 2.27. The van der Waals surface area contributed by atoms with E-state index in [-0.39, 0.29) is 6.04 Å². The topological polar surface area (TPSA) is 59.5 Å². The molecule has 5 nitrogen and oxygen atoms in total. The fourth-order valence-electron chi connectivity index (χ4n) is 3.08. The number of likely N-dealkylation sites (N-methyl/N-ethyl adjacent to an activating group) is 1. The summed E-state index contributed by atoms with van der Waals surface area (Å²) in [6.45, 7) is 2.09. The maximum Gasteiger partial charge on any atom is 0.157 e. The van der Waals surface area contributed by atoms with E-state index in [1.165, 1.54) is 18.4 Å². The van der Waals surface area contributed by atoms with Crippen molar-refractivity contribution in [3.8, 4) is 0 Å². The van der Waals surface area contributed by atoms with Crippen molar-refractivity contribution in [2.75, 3.05) is 11.9 Å². The van der Waals surface area contributed by atoms with Crippen LogP contribution in [0.2, 0.25) is 0 Å². The number of anilines is 1. The van der Waals surface area contributed by atoms with E-state index in [1.54, 1.807) is 6.33 Å². The van der Waals surface area contributed by atoms with E-state index in [0.717, 1.165) is 24.3 Å². The fourth-order valence-corrected chi connectivity index (χ4v) is 3.08. The second-order valence-corrected chi connectivity index (χ2v) is 5.55. The Morgan fingerprint density at radius 1 is 1.32 bits per heavy atom. The Morgan fingerprint density at radius 2 is 2.11 bits per heavy atom. The molecule has 2 N–H and O–H groups in total. The standard InChI is InChI=1S/C14H21N5/c1-10-7-13-16-9-17-19(13)14(8-10)18(2)12-6-4-3-5-11(12)15/h7-9,11-12H,3-6,15H2,1-2H3. The molecule has 2 aromatic heterocycles. The number of pyridine rings is 1. The largest absolute Gasteiger partial charge is 0.355 e. The van der Waals surface area contributed by atoms with Crippen LogP contribution in [0.4, 0.5) is 5.82 Å². The van der Waals surface area contributed by atoms with Gasteiger partial charge >= 0.3 is 0 Å². The molecular formula is C14H21N5. The van der Waals surface area contributed by atoms with Crippen molar-refractivity contribution in [3.63, 3.8) is 0 Å². The van der Waals surface area contributed by atoms with Crippen LogP contribution in [-0.4, -0.2) is 33.7 Å². The van der Waals surface area contributed by atoms with Gasteiger partial charge in [0.1, 0.15) is 12.1 Å². The van der Waals surface area contributed by atoms with E-state index in [4.69, 9.17) is 5.73 Å². The first kappa shape index (κ1) is 12.4. The third kappa shape index (κ3) is 2.18. The lowest BCUT2D eigenvalue weighted by molar-refractivity contribution is 0.371.